The molecule has 90 valence electrons. The Bertz CT molecular complexity index is 390. The number of nitrogens with one attached hydrogen (secondary N) is 1. The van der Waals surface area contributed by atoms with Crippen LogP contribution in [0.5, 0.6) is 0 Å². The number of nitrogens with zero attached hydrogens (tertiary/aromatic N) is 2. The van der Waals surface area contributed by atoms with Gasteiger partial charge in [-0.25, -0.2) is 0 Å². The lowest BCUT2D eigenvalue weighted by atomic mass is 9.87. The zero-order valence-corrected chi connectivity index (χ0v) is 10.4. The molecule has 0 bridgehead atoms. The van der Waals surface area contributed by atoms with E-state index in [2.05, 4.69) is 10.4 Å². The second-order valence-electron chi connectivity index (χ2n) is 4.92. The second kappa shape index (κ2) is 4.25. The van der Waals surface area contributed by atoms with Crippen LogP contribution in [0.15, 0.2) is 6.20 Å². The molecular weight excluding hydrogens is 206 g/mol. The summed E-state index contributed by atoms with van der Waals surface area (Å²) in [5.41, 5.74) is 1.38. The molecule has 5 nitrogen and oxygen atoms in total. The Balaban J connectivity index is 3.27. The van der Waals surface area contributed by atoms with E-state index >= 15 is 0 Å². The first-order valence-electron chi connectivity index (χ1n) is 5.21. The molecule has 1 atom stereocenters. The number of carboxylic acid groups (broad SMARTS) is 1. The highest BCUT2D eigenvalue weighted by atomic mass is 16.4. The van der Waals surface area contributed by atoms with Gasteiger partial charge >= 0.3 is 5.97 Å². The lowest BCUT2D eigenvalue weighted by molar-refractivity contribution is -0.139. The summed E-state index contributed by atoms with van der Waals surface area (Å²) in [5, 5.41) is 16.3. The summed E-state index contributed by atoms with van der Waals surface area (Å²) in [5.74, 6) is -0.888. The summed E-state index contributed by atoms with van der Waals surface area (Å²) < 4.78 is 1.66. The van der Waals surface area contributed by atoms with E-state index in [0.717, 1.165) is 11.3 Å². The number of aromatic nitrogens is 2. The summed E-state index contributed by atoms with van der Waals surface area (Å²) in [6, 6.07) is -0.706. The van der Waals surface area contributed by atoms with Crippen LogP contribution in [-0.4, -0.2) is 27.9 Å². The maximum absolute atomic E-state index is 11.1. The Morgan fingerprint density at radius 3 is 2.50 bits per heavy atom. The van der Waals surface area contributed by atoms with Gasteiger partial charge in [-0.3, -0.25) is 9.48 Å². The quantitative estimate of drug-likeness (QED) is 0.807. The molecule has 1 aromatic rings. The summed E-state index contributed by atoms with van der Waals surface area (Å²) in [7, 11) is 3.44. The second-order valence-corrected chi connectivity index (χ2v) is 4.92. The molecule has 0 aliphatic carbocycles. The van der Waals surface area contributed by atoms with Gasteiger partial charge in [0, 0.05) is 24.2 Å². The van der Waals surface area contributed by atoms with Crippen molar-refractivity contribution in [2.24, 2.45) is 7.05 Å². The summed E-state index contributed by atoms with van der Waals surface area (Å²) in [6.07, 6.45) is 1.76. The summed E-state index contributed by atoms with van der Waals surface area (Å²) in [4.78, 5) is 11.1. The molecule has 1 rings (SSSR count). The molecule has 0 aromatic carbocycles. The molecule has 1 unspecified atom stereocenters. The first-order chi connectivity index (χ1) is 7.27. The van der Waals surface area contributed by atoms with Crippen molar-refractivity contribution in [2.75, 3.05) is 7.05 Å². The first kappa shape index (κ1) is 12.7. The first-order valence-corrected chi connectivity index (χ1v) is 5.21. The van der Waals surface area contributed by atoms with Gasteiger partial charge in [-0.15, -0.1) is 0 Å². The summed E-state index contributed by atoms with van der Waals surface area (Å²) >= 11 is 0. The van der Waals surface area contributed by atoms with Gasteiger partial charge in [-0.05, 0) is 7.05 Å². The maximum Gasteiger partial charge on any atom is 0.325 e. The third kappa shape index (κ3) is 2.41. The average molecular weight is 225 g/mol. The van der Waals surface area contributed by atoms with E-state index in [4.69, 9.17) is 5.11 Å². The highest BCUT2D eigenvalue weighted by Gasteiger charge is 2.29. The zero-order chi connectivity index (χ0) is 12.5. The summed E-state index contributed by atoms with van der Waals surface area (Å²) in [6.45, 7) is 6.06. The zero-order valence-electron chi connectivity index (χ0n) is 10.4. The van der Waals surface area contributed by atoms with Gasteiger partial charge in [-0.2, -0.15) is 5.10 Å². The van der Waals surface area contributed by atoms with E-state index in [9.17, 15) is 4.79 Å². The van der Waals surface area contributed by atoms with Crippen LogP contribution in [0.1, 0.15) is 38.1 Å². The Morgan fingerprint density at radius 1 is 1.56 bits per heavy atom. The van der Waals surface area contributed by atoms with Crippen LogP contribution in [0.2, 0.25) is 0 Å². The van der Waals surface area contributed by atoms with Gasteiger partial charge in [0.1, 0.15) is 6.04 Å². The molecule has 5 heteroatoms. The molecule has 0 fully saturated rings. The predicted octanol–water partition coefficient (Wildman–Crippen LogP) is 1.06. The average Bonchev–Trinajstić information content (AvgIpc) is 2.47. The SMILES string of the molecule is CNC(C(=O)O)c1cn(C)nc1C(C)(C)C. The van der Waals surface area contributed by atoms with Gasteiger partial charge < -0.3 is 10.4 Å². The molecule has 2 N–H and O–H groups in total. The Kier molecular flexibility index (Phi) is 3.38. The van der Waals surface area contributed by atoms with Crippen molar-refractivity contribution in [1.82, 2.24) is 15.1 Å². The minimum atomic E-state index is -0.888. The van der Waals surface area contributed by atoms with E-state index in [0.29, 0.717) is 0 Å². The van der Waals surface area contributed by atoms with Crippen LogP contribution in [0.3, 0.4) is 0 Å². The molecule has 0 aliphatic rings. The standard InChI is InChI=1S/C11H19N3O2/c1-11(2,3)9-7(6-14(5)13-9)8(12-4)10(15)16/h6,8,12H,1-5H3,(H,15,16). The van der Waals surface area contributed by atoms with Crippen LogP contribution < -0.4 is 5.32 Å². The third-order valence-corrected chi connectivity index (χ3v) is 2.41. The number of carbonyl (C=O) groups is 1. The predicted molar refractivity (Wildman–Crippen MR) is 61.3 cm³/mol. The van der Waals surface area contributed by atoms with Gasteiger partial charge in [0.25, 0.3) is 0 Å². The van der Waals surface area contributed by atoms with Crippen molar-refractivity contribution < 1.29 is 9.90 Å². The fraction of sp³-hybridized carbons (Fsp3) is 0.636. The minimum Gasteiger partial charge on any atom is -0.480 e. The van der Waals surface area contributed by atoms with Gasteiger partial charge in [0.05, 0.1) is 5.69 Å². The van der Waals surface area contributed by atoms with Crippen molar-refractivity contribution in [3.63, 3.8) is 0 Å². The Morgan fingerprint density at radius 2 is 2.12 bits per heavy atom. The number of hydrogen-bond acceptors (Lipinski definition) is 3. The maximum atomic E-state index is 11.1. The molecule has 0 saturated carbocycles. The van der Waals surface area contributed by atoms with Gasteiger partial charge in [0.15, 0.2) is 0 Å². The van der Waals surface area contributed by atoms with Crippen molar-refractivity contribution in [3.8, 4) is 0 Å². The normalized spacial score (nSPS) is 13.8. The largest absolute Gasteiger partial charge is 0.480 e. The number of rotatable bonds is 3. The van der Waals surface area contributed by atoms with Crippen molar-refractivity contribution in [1.29, 1.82) is 0 Å². The van der Waals surface area contributed by atoms with E-state index < -0.39 is 12.0 Å². The molecule has 0 radical (unpaired) electrons. The van der Waals surface area contributed by atoms with Crippen LogP contribution in [0.25, 0.3) is 0 Å². The smallest absolute Gasteiger partial charge is 0.325 e. The molecule has 0 spiro atoms. The monoisotopic (exact) mass is 225 g/mol. The van der Waals surface area contributed by atoms with Crippen LogP contribution in [0, 0.1) is 0 Å². The number of likely N-dealkylation sites (N-methyl/N-ethyl adjacent to an activating group) is 1. The number of aryl methyl sites for hydroxylation is 1. The van der Waals surface area contributed by atoms with Gasteiger partial charge in [0.2, 0.25) is 0 Å². The molecule has 0 saturated heterocycles. The topological polar surface area (TPSA) is 67.2 Å². The lowest BCUT2D eigenvalue weighted by Gasteiger charge is -2.20. The molecule has 0 aliphatic heterocycles. The number of hydrogen-bond donors (Lipinski definition) is 2. The van der Waals surface area contributed by atoms with E-state index in [1.807, 2.05) is 20.8 Å². The van der Waals surface area contributed by atoms with Gasteiger partial charge in [-0.1, -0.05) is 20.8 Å². The molecule has 1 aromatic heterocycles. The van der Waals surface area contributed by atoms with Crippen LogP contribution >= 0.6 is 0 Å². The Labute approximate surface area is 95.5 Å². The molecule has 1 heterocycles. The van der Waals surface area contributed by atoms with Crippen molar-refractivity contribution in [3.05, 3.63) is 17.5 Å². The highest BCUT2D eigenvalue weighted by Crippen LogP contribution is 2.28. The third-order valence-electron chi connectivity index (χ3n) is 2.41. The fourth-order valence-corrected chi connectivity index (χ4v) is 1.71. The van der Waals surface area contributed by atoms with E-state index in [-0.39, 0.29) is 5.41 Å². The van der Waals surface area contributed by atoms with E-state index in [1.165, 1.54) is 0 Å². The minimum absolute atomic E-state index is 0.166. The lowest BCUT2D eigenvalue weighted by Crippen LogP contribution is -2.27. The molecule has 0 amide bonds. The van der Waals surface area contributed by atoms with E-state index in [1.54, 1.807) is 25.0 Å². The number of aliphatic carboxylic acids is 1. The molecular formula is C11H19N3O2. The van der Waals surface area contributed by atoms with Crippen molar-refractivity contribution >= 4 is 5.97 Å². The molecule has 16 heavy (non-hydrogen) atoms. The number of carboxylic acids is 1. The van der Waals surface area contributed by atoms with Crippen molar-refractivity contribution in [2.45, 2.75) is 32.2 Å². The fourth-order valence-electron chi connectivity index (χ4n) is 1.71. The Hall–Kier alpha value is -1.36. The van der Waals surface area contributed by atoms with Crippen LogP contribution in [-0.2, 0) is 17.3 Å². The highest BCUT2D eigenvalue weighted by molar-refractivity contribution is 5.76. The van der Waals surface area contributed by atoms with Crippen LogP contribution in [0.4, 0.5) is 0 Å².